The molecule has 0 atom stereocenters. The van der Waals surface area contributed by atoms with Crippen LogP contribution in [-0.4, -0.2) is 25.2 Å². The van der Waals surface area contributed by atoms with Crippen LogP contribution in [0.3, 0.4) is 0 Å². The van der Waals surface area contributed by atoms with Gasteiger partial charge in [0.2, 0.25) is 5.91 Å². The highest BCUT2D eigenvalue weighted by Crippen LogP contribution is 2.35. The van der Waals surface area contributed by atoms with Crippen molar-refractivity contribution >= 4 is 44.2 Å². The summed E-state index contributed by atoms with van der Waals surface area (Å²) in [5, 5.41) is 4.99. The number of halogens is 3. The lowest BCUT2D eigenvalue weighted by molar-refractivity contribution is -0.137. The first kappa shape index (κ1) is 20.2. The molecule has 3 rings (SSSR count). The van der Waals surface area contributed by atoms with E-state index in [2.05, 4.69) is 15.0 Å². The number of nitrogens with zero attached hydrogens (tertiary/aromatic N) is 1. The van der Waals surface area contributed by atoms with E-state index in [1.807, 2.05) is 0 Å². The van der Waals surface area contributed by atoms with Crippen molar-refractivity contribution in [1.29, 1.82) is 0 Å². The molecule has 1 aliphatic heterocycles. The molecule has 148 valence electrons. The molecule has 11 heteroatoms. The Morgan fingerprint density at radius 2 is 1.93 bits per heavy atom. The summed E-state index contributed by atoms with van der Waals surface area (Å²) in [4.78, 5) is 12.1. The number of carbonyl (C=O) groups excluding carboxylic acids is 1. The van der Waals surface area contributed by atoms with E-state index in [-0.39, 0.29) is 21.5 Å². The molecule has 1 amide bonds. The fourth-order valence-electron chi connectivity index (χ4n) is 2.48. The number of nitrogens with one attached hydrogen (secondary N) is 2. The Labute approximate surface area is 163 Å². The summed E-state index contributed by atoms with van der Waals surface area (Å²) in [5.41, 5.74) is -0.171. The zero-order valence-corrected chi connectivity index (χ0v) is 16.0. The molecule has 0 radical (unpaired) electrons. The molecular formula is C17H14F3N3O3S2. The van der Waals surface area contributed by atoms with Crippen LogP contribution in [0.2, 0.25) is 0 Å². The Balaban J connectivity index is 1.70. The number of fused-ring (bicyclic) bond motifs is 1. The van der Waals surface area contributed by atoms with Crippen molar-refractivity contribution in [2.45, 2.75) is 18.0 Å². The van der Waals surface area contributed by atoms with Crippen molar-refractivity contribution in [3.05, 3.63) is 53.6 Å². The van der Waals surface area contributed by atoms with E-state index in [4.69, 9.17) is 0 Å². The summed E-state index contributed by atoms with van der Waals surface area (Å²) in [7, 11) is -3.92. The highest BCUT2D eigenvalue weighted by molar-refractivity contribution is 8.15. The van der Waals surface area contributed by atoms with Crippen LogP contribution in [0.4, 0.5) is 24.5 Å². The monoisotopic (exact) mass is 429 g/mol. The number of carbonyl (C=O) groups is 1. The molecule has 1 heterocycles. The zero-order valence-electron chi connectivity index (χ0n) is 14.4. The van der Waals surface area contributed by atoms with Gasteiger partial charge in [-0.3, -0.25) is 4.79 Å². The number of alkyl halides is 3. The average molecular weight is 429 g/mol. The van der Waals surface area contributed by atoms with Crippen molar-refractivity contribution in [3.63, 3.8) is 0 Å². The van der Waals surface area contributed by atoms with Crippen LogP contribution < -0.4 is 10.6 Å². The summed E-state index contributed by atoms with van der Waals surface area (Å²) in [6.45, 7) is 1.79. The van der Waals surface area contributed by atoms with Crippen LogP contribution in [0.5, 0.6) is 0 Å². The third-order valence-corrected chi connectivity index (χ3v) is 6.03. The van der Waals surface area contributed by atoms with Gasteiger partial charge in [-0.05, 0) is 36.8 Å². The van der Waals surface area contributed by atoms with Crippen LogP contribution in [0.1, 0.15) is 11.1 Å². The minimum atomic E-state index is -4.61. The molecule has 2 aromatic carbocycles. The fraction of sp³-hybridized carbons (Fsp3) is 0.176. The molecule has 2 N–H and O–H groups in total. The van der Waals surface area contributed by atoms with Crippen LogP contribution in [0, 0.1) is 6.92 Å². The van der Waals surface area contributed by atoms with E-state index in [0.717, 1.165) is 29.5 Å². The second-order valence-electron chi connectivity index (χ2n) is 5.88. The van der Waals surface area contributed by atoms with Gasteiger partial charge < -0.3 is 10.6 Å². The normalized spacial score (nSPS) is 15.2. The van der Waals surface area contributed by atoms with Crippen molar-refractivity contribution in [2.24, 2.45) is 4.40 Å². The standard InChI is InChI=1S/C17H14F3N3O3S2/c1-10-6-7-14-13(8-10)22-16(23-28(14,25)26)27-9-15(24)21-12-5-3-2-4-11(12)17(18,19)20/h2-8H,9H2,1H3,(H,21,24)(H,22,23). The van der Waals surface area contributed by atoms with E-state index in [9.17, 15) is 26.4 Å². The number of hydrogen-bond acceptors (Lipinski definition) is 5. The zero-order chi connectivity index (χ0) is 20.5. The maximum atomic E-state index is 13.0. The minimum absolute atomic E-state index is 0.0195. The largest absolute Gasteiger partial charge is 0.418 e. The molecule has 2 aromatic rings. The molecule has 0 fully saturated rings. The molecule has 0 saturated carbocycles. The molecular weight excluding hydrogens is 415 g/mol. The van der Waals surface area contributed by atoms with Crippen LogP contribution >= 0.6 is 11.8 Å². The first-order valence-corrected chi connectivity index (χ1v) is 10.3. The Kier molecular flexibility index (Phi) is 5.39. The number of thioether (sulfide) groups is 1. The van der Waals surface area contributed by atoms with E-state index in [1.54, 1.807) is 19.1 Å². The number of para-hydroxylation sites is 1. The smallest absolute Gasteiger partial charge is 0.333 e. The Bertz CT molecular complexity index is 1070. The van der Waals surface area contributed by atoms with Crippen LogP contribution in [0.15, 0.2) is 51.8 Å². The third-order valence-electron chi connectivity index (χ3n) is 3.70. The maximum absolute atomic E-state index is 13.0. The van der Waals surface area contributed by atoms with E-state index in [0.29, 0.717) is 5.69 Å². The summed E-state index contributed by atoms with van der Waals surface area (Å²) in [6, 6.07) is 9.29. The Morgan fingerprint density at radius 1 is 1.21 bits per heavy atom. The predicted molar refractivity (Wildman–Crippen MR) is 102 cm³/mol. The van der Waals surface area contributed by atoms with Gasteiger partial charge >= 0.3 is 6.18 Å². The van der Waals surface area contributed by atoms with Gasteiger partial charge in [-0.15, -0.1) is 4.40 Å². The summed E-state index contributed by atoms with van der Waals surface area (Å²) >= 11 is 0.776. The first-order chi connectivity index (χ1) is 13.1. The van der Waals surface area contributed by atoms with Crippen LogP contribution in [-0.2, 0) is 21.0 Å². The first-order valence-electron chi connectivity index (χ1n) is 7.88. The lowest BCUT2D eigenvalue weighted by Crippen LogP contribution is -2.23. The number of anilines is 2. The fourth-order valence-corrected chi connectivity index (χ4v) is 4.50. The summed E-state index contributed by atoms with van der Waals surface area (Å²) in [6.07, 6.45) is -4.61. The van der Waals surface area contributed by atoms with Gasteiger partial charge in [0.25, 0.3) is 10.0 Å². The second-order valence-corrected chi connectivity index (χ2v) is 8.41. The van der Waals surface area contributed by atoms with Gasteiger partial charge in [0.15, 0.2) is 5.17 Å². The second kappa shape index (κ2) is 7.47. The van der Waals surface area contributed by atoms with Crippen molar-refractivity contribution in [3.8, 4) is 0 Å². The van der Waals surface area contributed by atoms with Gasteiger partial charge in [0.1, 0.15) is 4.90 Å². The van der Waals surface area contributed by atoms with Gasteiger partial charge in [-0.2, -0.15) is 21.6 Å². The summed E-state index contributed by atoms with van der Waals surface area (Å²) < 4.78 is 67.0. The van der Waals surface area contributed by atoms with Gasteiger partial charge in [-0.25, -0.2) is 0 Å². The van der Waals surface area contributed by atoms with Crippen molar-refractivity contribution in [2.75, 3.05) is 16.4 Å². The Morgan fingerprint density at radius 3 is 2.64 bits per heavy atom. The topological polar surface area (TPSA) is 87.6 Å². The van der Waals surface area contributed by atoms with E-state index >= 15 is 0 Å². The van der Waals surface area contributed by atoms with Crippen molar-refractivity contribution in [1.82, 2.24) is 0 Å². The maximum Gasteiger partial charge on any atom is 0.418 e. The number of amides is 1. The van der Waals surface area contributed by atoms with Crippen LogP contribution in [0.25, 0.3) is 0 Å². The third kappa shape index (κ3) is 4.47. The lowest BCUT2D eigenvalue weighted by Gasteiger charge is -2.18. The molecule has 0 spiro atoms. The molecule has 0 unspecified atom stereocenters. The highest BCUT2D eigenvalue weighted by Gasteiger charge is 2.33. The molecule has 0 aromatic heterocycles. The highest BCUT2D eigenvalue weighted by atomic mass is 32.2. The summed E-state index contributed by atoms with van der Waals surface area (Å²) in [5.74, 6) is -1.05. The van der Waals surface area contributed by atoms with E-state index in [1.165, 1.54) is 18.2 Å². The lowest BCUT2D eigenvalue weighted by atomic mass is 10.1. The number of hydrogen-bond donors (Lipinski definition) is 2. The molecule has 6 nitrogen and oxygen atoms in total. The van der Waals surface area contributed by atoms with Crippen molar-refractivity contribution < 1.29 is 26.4 Å². The van der Waals surface area contributed by atoms with Gasteiger partial charge in [0, 0.05) is 0 Å². The number of amidine groups is 1. The molecule has 0 saturated heterocycles. The SMILES string of the molecule is Cc1ccc2c(c1)NC(SCC(=O)Nc1ccccc1C(F)(F)F)=NS2(=O)=O. The molecule has 1 aliphatic rings. The van der Waals surface area contributed by atoms with Gasteiger partial charge in [0.05, 0.1) is 22.7 Å². The average Bonchev–Trinajstić information content (AvgIpc) is 2.58. The molecule has 28 heavy (non-hydrogen) atoms. The number of sulfonamides is 1. The number of aryl methyl sites for hydroxylation is 1. The van der Waals surface area contributed by atoms with E-state index < -0.39 is 27.7 Å². The Hall–Kier alpha value is -2.53. The molecule has 0 bridgehead atoms. The quantitative estimate of drug-likeness (QED) is 0.774. The van der Waals surface area contributed by atoms with Gasteiger partial charge in [-0.1, -0.05) is 30.0 Å². The molecule has 0 aliphatic carbocycles. The number of benzene rings is 2. The predicted octanol–water partition coefficient (Wildman–Crippen LogP) is 3.86. The minimum Gasteiger partial charge on any atom is -0.333 e. The number of rotatable bonds is 3.